The molecule has 3 nitrogen and oxygen atoms in total. The van der Waals surface area contributed by atoms with Gasteiger partial charge in [0, 0.05) is 30.1 Å². The van der Waals surface area contributed by atoms with E-state index in [2.05, 4.69) is 28.8 Å². The summed E-state index contributed by atoms with van der Waals surface area (Å²) in [6.07, 6.45) is 4.24. The van der Waals surface area contributed by atoms with Gasteiger partial charge in [0.15, 0.2) is 0 Å². The lowest BCUT2D eigenvalue weighted by atomic mass is 10.0. The second-order valence-corrected chi connectivity index (χ2v) is 4.98. The molecular formula is C14H16ClN3. The van der Waals surface area contributed by atoms with Crippen LogP contribution in [0.2, 0.25) is 5.15 Å². The number of hydrogen-bond donors (Lipinski definition) is 0. The van der Waals surface area contributed by atoms with Crippen LogP contribution in [-0.4, -0.2) is 15.0 Å². The summed E-state index contributed by atoms with van der Waals surface area (Å²) in [7, 11) is 0. The Morgan fingerprint density at radius 2 is 2.06 bits per heavy atom. The molecule has 0 spiro atoms. The van der Waals surface area contributed by atoms with Crippen LogP contribution in [0.4, 0.5) is 0 Å². The van der Waals surface area contributed by atoms with Crippen LogP contribution in [0.5, 0.6) is 0 Å². The topological polar surface area (TPSA) is 38.7 Å². The second-order valence-electron chi connectivity index (χ2n) is 4.62. The van der Waals surface area contributed by atoms with Crippen LogP contribution in [0.3, 0.4) is 0 Å². The van der Waals surface area contributed by atoms with Gasteiger partial charge in [-0.2, -0.15) is 0 Å². The summed E-state index contributed by atoms with van der Waals surface area (Å²) in [5.41, 5.74) is 3.08. The minimum Gasteiger partial charge on any atom is -0.264 e. The Morgan fingerprint density at radius 1 is 1.28 bits per heavy atom. The Morgan fingerprint density at radius 3 is 2.61 bits per heavy atom. The fourth-order valence-corrected chi connectivity index (χ4v) is 2.47. The van der Waals surface area contributed by atoms with Gasteiger partial charge in [0.1, 0.15) is 11.0 Å². The van der Waals surface area contributed by atoms with E-state index in [1.807, 2.05) is 25.3 Å². The summed E-state index contributed by atoms with van der Waals surface area (Å²) in [5.74, 6) is 1.08. The molecular weight excluding hydrogens is 246 g/mol. The highest BCUT2D eigenvalue weighted by Gasteiger charge is 2.13. The molecule has 0 aromatic carbocycles. The smallest absolute Gasteiger partial charge is 0.136 e. The third-order valence-electron chi connectivity index (χ3n) is 2.80. The Balaban J connectivity index is 2.31. The molecule has 0 aliphatic carbocycles. The van der Waals surface area contributed by atoms with Gasteiger partial charge in [-0.05, 0) is 24.5 Å². The maximum atomic E-state index is 6.23. The van der Waals surface area contributed by atoms with Crippen molar-refractivity contribution >= 4 is 11.6 Å². The van der Waals surface area contributed by atoms with E-state index in [4.69, 9.17) is 11.6 Å². The molecule has 0 saturated carbocycles. The van der Waals surface area contributed by atoms with Crippen LogP contribution < -0.4 is 0 Å². The van der Waals surface area contributed by atoms with Crippen molar-refractivity contribution in [3.63, 3.8) is 0 Å². The Hall–Kier alpha value is -1.48. The normalized spacial score (nSPS) is 10.9. The van der Waals surface area contributed by atoms with Gasteiger partial charge in [0.05, 0.1) is 0 Å². The summed E-state index contributed by atoms with van der Waals surface area (Å²) in [6.45, 7) is 6.17. The standard InChI is InChI=1S/C14H16ClN3/c1-9(2)13-10(3)17-12(18-14(13)15)7-11-5-4-6-16-8-11/h4-6,8-9H,7H2,1-3H3. The van der Waals surface area contributed by atoms with Gasteiger partial charge in [-0.3, -0.25) is 4.98 Å². The first kappa shape index (κ1) is 13.0. The molecule has 0 radical (unpaired) electrons. The number of pyridine rings is 1. The van der Waals surface area contributed by atoms with Crippen molar-refractivity contribution < 1.29 is 0 Å². The highest BCUT2D eigenvalue weighted by atomic mass is 35.5. The Kier molecular flexibility index (Phi) is 3.92. The van der Waals surface area contributed by atoms with Crippen LogP contribution in [0.25, 0.3) is 0 Å². The van der Waals surface area contributed by atoms with Gasteiger partial charge in [-0.1, -0.05) is 31.5 Å². The second kappa shape index (κ2) is 5.44. The molecule has 0 saturated heterocycles. The number of nitrogens with zero attached hydrogens (tertiary/aromatic N) is 3. The lowest BCUT2D eigenvalue weighted by molar-refractivity contribution is 0.810. The molecule has 0 fully saturated rings. The highest BCUT2D eigenvalue weighted by Crippen LogP contribution is 2.25. The summed E-state index contributed by atoms with van der Waals surface area (Å²) in [4.78, 5) is 13.0. The van der Waals surface area contributed by atoms with E-state index >= 15 is 0 Å². The summed E-state index contributed by atoms with van der Waals surface area (Å²) >= 11 is 6.23. The van der Waals surface area contributed by atoms with E-state index in [9.17, 15) is 0 Å². The van der Waals surface area contributed by atoms with Gasteiger partial charge >= 0.3 is 0 Å². The molecule has 2 rings (SSSR count). The number of hydrogen-bond acceptors (Lipinski definition) is 3. The zero-order valence-electron chi connectivity index (χ0n) is 10.8. The van der Waals surface area contributed by atoms with Crippen LogP contribution in [0, 0.1) is 6.92 Å². The van der Waals surface area contributed by atoms with E-state index in [1.54, 1.807) is 6.20 Å². The summed E-state index contributed by atoms with van der Waals surface area (Å²) in [5, 5.41) is 0.566. The third-order valence-corrected chi connectivity index (χ3v) is 3.09. The maximum Gasteiger partial charge on any atom is 0.136 e. The number of rotatable bonds is 3. The minimum absolute atomic E-state index is 0.338. The lowest BCUT2D eigenvalue weighted by Crippen LogP contribution is -2.05. The van der Waals surface area contributed by atoms with Crippen LogP contribution in [0.1, 0.15) is 42.4 Å². The molecule has 0 amide bonds. The Labute approximate surface area is 112 Å². The highest BCUT2D eigenvalue weighted by molar-refractivity contribution is 6.30. The number of halogens is 1. The van der Waals surface area contributed by atoms with Crippen LogP contribution >= 0.6 is 11.6 Å². The molecule has 94 valence electrons. The van der Waals surface area contributed by atoms with E-state index in [-0.39, 0.29) is 0 Å². The molecule has 2 aromatic heterocycles. The first-order valence-electron chi connectivity index (χ1n) is 5.99. The fourth-order valence-electron chi connectivity index (χ4n) is 2.02. The molecule has 0 aliphatic heterocycles. The molecule has 0 bridgehead atoms. The molecule has 0 aliphatic rings. The lowest BCUT2D eigenvalue weighted by Gasteiger charge is -2.12. The van der Waals surface area contributed by atoms with Gasteiger partial charge in [0.25, 0.3) is 0 Å². The minimum atomic E-state index is 0.338. The predicted octanol–water partition coefficient (Wildman–Crippen LogP) is 3.55. The van der Waals surface area contributed by atoms with Crippen molar-refractivity contribution in [1.82, 2.24) is 15.0 Å². The summed E-state index contributed by atoms with van der Waals surface area (Å²) in [6, 6.07) is 3.92. The van der Waals surface area contributed by atoms with Crippen LogP contribution in [-0.2, 0) is 6.42 Å². The van der Waals surface area contributed by atoms with Crippen molar-refractivity contribution in [3.8, 4) is 0 Å². The van der Waals surface area contributed by atoms with E-state index in [0.29, 0.717) is 17.5 Å². The van der Waals surface area contributed by atoms with Crippen molar-refractivity contribution in [3.05, 3.63) is 52.3 Å². The predicted molar refractivity (Wildman–Crippen MR) is 72.9 cm³/mol. The first-order chi connectivity index (χ1) is 8.58. The van der Waals surface area contributed by atoms with Crippen molar-refractivity contribution in [2.24, 2.45) is 0 Å². The SMILES string of the molecule is Cc1nc(Cc2cccnc2)nc(Cl)c1C(C)C. The summed E-state index contributed by atoms with van der Waals surface area (Å²) < 4.78 is 0. The van der Waals surface area contributed by atoms with E-state index < -0.39 is 0 Å². The number of aryl methyl sites for hydroxylation is 1. The average molecular weight is 262 g/mol. The third kappa shape index (κ3) is 2.85. The fraction of sp³-hybridized carbons (Fsp3) is 0.357. The van der Waals surface area contributed by atoms with E-state index in [0.717, 1.165) is 22.6 Å². The van der Waals surface area contributed by atoms with Gasteiger partial charge in [-0.15, -0.1) is 0 Å². The van der Waals surface area contributed by atoms with E-state index in [1.165, 1.54) is 0 Å². The van der Waals surface area contributed by atoms with Crippen molar-refractivity contribution in [2.45, 2.75) is 33.1 Å². The monoisotopic (exact) mass is 261 g/mol. The first-order valence-corrected chi connectivity index (χ1v) is 6.37. The largest absolute Gasteiger partial charge is 0.264 e. The number of aromatic nitrogens is 3. The van der Waals surface area contributed by atoms with Crippen LogP contribution in [0.15, 0.2) is 24.5 Å². The Bertz CT molecular complexity index is 515. The molecule has 4 heteroatoms. The molecule has 2 heterocycles. The van der Waals surface area contributed by atoms with Gasteiger partial charge < -0.3 is 0 Å². The maximum absolute atomic E-state index is 6.23. The van der Waals surface area contributed by atoms with Crippen molar-refractivity contribution in [2.75, 3.05) is 0 Å². The molecule has 0 unspecified atom stereocenters. The molecule has 2 aromatic rings. The zero-order chi connectivity index (χ0) is 13.1. The average Bonchev–Trinajstić information content (AvgIpc) is 2.28. The quantitative estimate of drug-likeness (QED) is 0.793. The molecule has 0 atom stereocenters. The van der Waals surface area contributed by atoms with Crippen molar-refractivity contribution in [1.29, 1.82) is 0 Å². The van der Waals surface area contributed by atoms with Gasteiger partial charge in [-0.25, -0.2) is 9.97 Å². The zero-order valence-corrected chi connectivity index (χ0v) is 11.6. The molecule has 18 heavy (non-hydrogen) atoms. The molecule has 0 N–H and O–H groups in total. The van der Waals surface area contributed by atoms with Gasteiger partial charge in [0.2, 0.25) is 0 Å².